The van der Waals surface area contributed by atoms with E-state index < -0.39 is 0 Å². The molecule has 0 bridgehead atoms. The van der Waals surface area contributed by atoms with Crippen molar-refractivity contribution in [3.8, 4) is 11.3 Å². The van der Waals surface area contributed by atoms with Crippen molar-refractivity contribution in [2.75, 3.05) is 10.0 Å². The molecule has 0 fully saturated rings. The zero-order valence-electron chi connectivity index (χ0n) is 15.9. The van der Waals surface area contributed by atoms with Gasteiger partial charge in [0.15, 0.2) is 0 Å². The monoisotopic (exact) mass is 436 g/mol. The molecule has 0 unspecified atom stereocenters. The molecule has 0 saturated heterocycles. The predicted octanol–water partition coefficient (Wildman–Crippen LogP) is 4.90. The van der Waals surface area contributed by atoms with Crippen LogP contribution in [0.3, 0.4) is 0 Å². The zero-order valence-corrected chi connectivity index (χ0v) is 17.5. The molecule has 2 N–H and O–H groups in total. The van der Waals surface area contributed by atoms with Crippen LogP contribution in [0.5, 0.6) is 0 Å². The third-order valence-corrected chi connectivity index (χ3v) is 5.24. The minimum atomic E-state index is -0.235. The van der Waals surface area contributed by atoms with Gasteiger partial charge in [0.25, 0.3) is 5.91 Å². The van der Waals surface area contributed by atoms with Gasteiger partial charge >= 0.3 is 0 Å². The molecule has 0 radical (unpaired) electrons. The minimum Gasteiger partial charge on any atom is -0.321 e. The summed E-state index contributed by atoms with van der Waals surface area (Å²) < 4.78 is 4.63. The van der Waals surface area contributed by atoms with Crippen LogP contribution in [0.25, 0.3) is 11.3 Å². The molecule has 9 heteroatoms. The number of carbonyl (C=O) groups is 1. The number of hydrogen-bond acceptors (Lipinski definition) is 6. The average Bonchev–Trinajstić information content (AvgIpc) is 3.16. The lowest BCUT2D eigenvalue weighted by atomic mass is 10.1. The summed E-state index contributed by atoms with van der Waals surface area (Å²) >= 11 is 7.33. The Balaban J connectivity index is 1.40. The molecule has 2 aromatic carbocycles. The molecular weight excluding hydrogens is 420 g/mol. The van der Waals surface area contributed by atoms with Gasteiger partial charge in [-0.1, -0.05) is 23.7 Å². The van der Waals surface area contributed by atoms with Gasteiger partial charge in [0.05, 0.1) is 5.69 Å². The van der Waals surface area contributed by atoms with E-state index >= 15 is 0 Å². The van der Waals surface area contributed by atoms with Crippen LogP contribution in [0.1, 0.15) is 10.5 Å². The number of rotatable bonds is 6. The van der Waals surface area contributed by atoms with Gasteiger partial charge in [-0.2, -0.15) is 5.10 Å². The Bertz CT molecular complexity index is 1150. The fraction of sp³-hybridized carbons (Fsp3) is 0.0476. The van der Waals surface area contributed by atoms with Crippen molar-refractivity contribution < 1.29 is 4.79 Å². The van der Waals surface area contributed by atoms with Crippen molar-refractivity contribution in [2.24, 2.45) is 7.05 Å². The van der Waals surface area contributed by atoms with Crippen molar-refractivity contribution in [2.45, 2.75) is 4.90 Å². The van der Waals surface area contributed by atoms with Crippen LogP contribution in [-0.2, 0) is 7.05 Å². The fourth-order valence-electron chi connectivity index (χ4n) is 2.70. The molecule has 150 valence electrons. The predicted molar refractivity (Wildman–Crippen MR) is 120 cm³/mol. The molecule has 0 spiro atoms. The van der Waals surface area contributed by atoms with E-state index in [1.807, 2.05) is 36.4 Å². The van der Waals surface area contributed by atoms with Crippen LogP contribution in [0.15, 0.2) is 78.0 Å². The van der Waals surface area contributed by atoms with E-state index in [1.165, 1.54) is 11.9 Å². The maximum Gasteiger partial charge on any atom is 0.273 e. The third-order valence-electron chi connectivity index (χ3n) is 4.19. The van der Waals surface area contributed by atoms with Crippen LogP contribution in [0, 0.1) is 0 Å². The molecule has 2 heterocycles. The Labute approximate surface area is 182 Å². The molecule has 7 nitrogen and oxygen atoms in total. The smallest absolute Gasteiger partial charge is 0.273 e. The maximum absolute atomic E-state index is 12.7. The molecule has 4 rings (SSSR count). The Morgan fingerprint density at radius 2 is 1.73 bits per heavy atom. The van der Waals surface area contributed by atoms with E-state index in [2.05, 4.69) is 25.1 Å². The molecular formula is C21H17ClN6OS. The first kappa shape index (κ1) is 19.9. The van der Waals surface area contributed by atoms with Gasteiger partial charge in [0.1, 0.15) is 5.69 Å². The summed E-state index contributed by atoms with van der Waals surface area (Å²) in [5.41, 5.74) is 2.75. The summed E-state index contributed by atoms with van der Waals surface area (Å²) in [6, 6.07) is 18.3. The third kappa shape index (κ3) is 4.79. The zero-order chi connectivity index (χ0) is 20.9. The molecule has 0 saturated carbocycles. The molecule has 0 aliphatic rings. The standard InChI is InChI=1S/C21H17ClN6OS/c1-28-19(13-18(26-28)14-3-5-15(22)6-4-14)20(29)25-16-7-9-17(10-8-16)30-27-21-23-11-2-12-24-21/h2-13H,1H3,(H,25,29)(H,23,24,27). The number of benzene rings is 2. The second-order valence-corrected chi connectivity index (χ2v) is 7.62. The SMILES string of the molecule is Cn1nc(-c2ccc(Cl)cc2)cc1C(=O)Nc1ccc(SNc2ncccn2)cc1. The van der Waals surface area contributed by atoms with E-state index in [1.54, 1.807) is 48.4 Å². The first-order valence-electron chi connectivity index (χ1n) is 9.00. The van der Waals surface area contributed by atoms with E-state index in [-0.39, 0.29) is 5.91 Å². The molecule has 0 aliphatic carbocycles. The van der Waals surface area contributed by atoms with Crippen molar-refractivity contribution >= 4 is 41.1 Å². The van der Waals surface area contributed by atoms with Crippen LogP contribution in [0.4, 0.5) is 11.6 Å². The summed E-state index contributed by atoms with van der Waals surface area (Å²) in [6.07, 6.45) is 3.34. The van der Waals surface area contributed by atoms with Crippen molar-refractivity contribution in [1.82, 2.24) is 19.7 Å². The number of hydrogen-bond donors (Lipinski definition) is 2. The molecule has 30 heavy (non-hydrogen) atoms. The van der Waals surface area contributed by atoms with Gasteiger partial charge in [0.2, 0.25) is 5.95 Å². The molecule has 0 aliphatic heterocycles. The summed E-state index contributed by atoms with van der Waals surface area (Å²) in [5.74, 6) is 0.300. The largest absolute Gasteiger partial charge is 0.321 e. The Kier molecular flexibility index (Phi) is 5.97. The number of anilines is 2. The highest BCUT2D eigenvalue weighted by Crippen LogP contribution is 2.23. The van der Waals surface area contributed by atoms with Crippen LogP contribution in [0.2, 0.25) is 5.02 Å². The number of amides is 1. The quantitative estimate of drug-likeness (QED) is 0.418. The number of halogens is 1. The Morgan fingerprint density at radius 3 is 2.43 bits per heavy atom. The first-order chi connectivity index (χ1) is 14.6. The normalized spacial score (nSPS) is 10.6. The van der Waals surface area contributed by atoms with Crippen molar-refractivity contribution in [1.29, 1.82) is 0 Å². The van der Waals surface area contributed by atoms with E-state index in [9.17, 15) is 4.79 Å². The Morgan fingerprint density at radius 1 is 1.03 bits per heavy atom. The lowest BCUT2D eigenvalue weighted by Gasteiger charge is -2.07. The van der Waals surface area contributed by atoms with E-state index in [0.29, 0.717) is 28.0 Å². The van der Waals surface area contributed by atoms with E-state index in [4.69, 9.17) is 11.6 Å². The molecule has 1 amide bonds. The highest BCUT2D eigenvalue weighted by atomic mass is 35.5. The van der Waals surface area contributed by atoms with Gasteiger partial charge in [-0.3, -0.25) is 14.2 Å². The number of aryl methyl sites for hydroxylation is 1. The minimum absolute atomic E-state index is 0.235. The summed E-state index contributed by atoms with van der Waals surface area (Å²) in [6.45, 7) is 0. The first-order valence-corrected chi connectivity index (χ1v) is 10.2. The van der Waals surface area contributed by atoms with E-state index in [0.717, 1.165) is 10.5 Å². The van der Waals surface area contributed by atoms with Crippen molar-refractivity contribution in [3.05, 3.63) is 83.8 Å². The maximum atomic E-state index is 12.7. The fourth-order valence-corrected chi connectivity index (χ4v) is 3.41. The topological polar surface area (TPSA) is 84.7 Å². The van der Waals surface area contributed by atoms with Crippen LogP contribution >= 0.6 is 23.5 Å². The Hall–Kier alpha value is -3.36. The summed E-state index contributed by atoms with van der Waals surface area (Å²) in [7, 11) is 1.74. The lowest BCUT2D eigenvalue weighted by Crippen LogP contribution is -2.15. The second kappa shape index (κ2) is 8.98. The summed E-state index contributed by atoms with van der Waals surface area (Å²) in [5, 5.41) is 7.98. The van der Waals surface area contributed by atoms with Gasteiger partial charge in [-0.25, -0.2) is 9.97 Å². The van der Waals surface area contributed by atoms with Gasteiger partial charge in [0, 0.05) is 40.6 Å². The molecule has 2 aromatic heterocycles. The number of nitrogens with one attached hydrogen (secondary N) is 2. The number of aromatic nitrogens is 4. The molecule has 0 atom stereocenters. The summed E-state index contributed by atoms with van der Waals surface area (Å²) in [4.78, 5) is 21.9. The number of nitrogens with zero attached hydrogens (tertiary/aromatic N) is 4. The number of carbonyl (C=O) groups excluding carboxylic acids is 1. The van der Waals surface area contributed by atoms with Gasteiger partial charge in [-0.15, -0.1) is 0 Å². The van der Waals surface area contributed by atoms with Crippen LogP contribution < -0.4 is 10.0 Å². The van der Waals surface area contributed by atoms with Crippen LogP contribution in [-0.4, -0.2) is 25.7 Å². The molecule has 4 aromatic rings. The second-order valence-electron chi connectivity index (χ2n) is 6.30. The van der Waals surface area contributed by atoms with Gasteiger partial charge in [-0.05, 0) is 60.5 Å². The lowest BCUT2D eigenvalue weighted by molar-refractivity contribution is 0.101. The highest BCUT2D eigenvalue weighted by molar-refractivity contribution is 8.00. The van der Waals surface area contributed by atoms with Gasteiger partial charge < -0.3 is 5.32 Å². The van der Waals surface area contributed by atoms with Crippen molar-refractivity contribution in [3.63, 3.8) is 0 Å². The highest BCUT2D eigenvalue weighted by Gasteiger charge is 2.14. The average molecular weight is 437 g/mol.